The lowest BCUT2D eigenvalue weighted by molar-refractivity contribution is 0.208. The van der Waals surface area contributed by atoms with Crippen LogP contribution in [0.2, 0.25) is 0 Å². The Morgan fingerprint density at radius 3 is 2.63 bits per heavy atom. The van der Waals surface area contributed by atoms with Gasteiger partial charge in [0.2, 0.25) is 0 Å². The monoisotopic (exact) mass is 377 g/mol. The fourth-order valence-electron chi connectivity index (χ4n) is 2.75. The molecule has 2 unspecified atom stereocenters. The van der Waals surface area contributed by atoms with Crippen LogP contribution < -0.4 is 5.32 Å². The first-order valence-electron chi connectivity index (χ1n) is 6.67. The van der Waals surface area contributed by atoms with E-state index in [9.17, 15) is 0 Å². The van der Waals surface area contributed by atoms with E-state index in [1.54, 1.807) is 6.26 Å². The number of hydrogen-bond donors (Lipinski definition) is 1. The first-order valence-corrected chi connectivity index (χ1v) is 6.67. The molecule has 0 aliphatic carbocycles. The van der Waals surface area contributed by atoms with Crippen LogP contribution in [0.15, 0.2) is 27.8 Å². The van der Waals surface area contributed by atoms with Gasteiger partial charge in [-0.3, -0.25) is 4.99 Å². The highest BCUT2D eigenvalue weighted by molar-refractivity contribution is 14.0. The lowest BCUT2D eigenvalue weighted by atomic mass is 9.92. The zero-order chi connectivity index (χ0) is 13.0. The Kier molecular flexibility index (Phi) is 6.68. The largest absolute Gasteiger partial charge is 0.467 e. The molecule has 2 atom stereocenters. The Morgan fingerprint density at radius 1 is 1.42 bits per heavy atom. The average molecular weight is 377 g/mol. The number of rotatable bonds is 2. The summed E-state index contributed by atoms with van der Waals surface area (Å²) in [4.78, 5) is 6.72. The summed E-state index contributed by atoms with van der Waals surface area (Å²) in [5, 5.41) is 3.36. The van der Waals surface area contributed by atoms with Crippen LogP contribution in [0, 0.1) is 11.8 Å². The second kappa shape index (κ2) is 7.77. The molecule has 1 saturated heterocycles. The molecule has 0 amide bonds. The number of likely N-dealkylation sites (tertiary alicyclic amines) is 1. The Labute approximate surface area is 132 Å². The molecule has 5 heteroatoms. The molecule has 4 nitrogen and oxygen atoms in total. The van der Waals surface area contributed by atoms with Gasteiger partial charge in [-0.05, 0) is 30.4 Å². The maximum Gasteiger partial charge on any atom is 0.194 e. The van der Waals surface area contributed by atoms with Crippen molar-refractivity contribution in [3.05, 3.63) is 24.2 Å². The standard InChI is InChI=1S/C14H23N3O.HI/c1-11-7-12(2)10-17(9-11)14(15-3)16-8-13-5-4-6-18-13;/h4-6,11-12H,7-10H2,1-3H3,(H,15,16);1H. The summed E-state index contributed by atoms with van der Waals surface area (Å²) >= 11 is 0. The highest BCUT2D eigenvalue weighted by atomic mass is 127. The molecular weight excluding hydrogens is 353 g/mol. The maximum atomic E-state index is 5.32. The van der Waals surface area contributed by atoms with Gasteiger partial charge in [-0.1, -0.05) is 13.8 Å². The first kappa shape index (κ1) is 16.3. The normalized spacial score (nSPS) is 23.9. The summed E-state index contributed by atoms with van der Waals surface area (Å²) in [6, 6.07) is 3.88. The van der Waals surface area contributed by atoms with E-state index in [0.717, 1.165) is 36.6 Å². The van der Waals surface area contributed by atoms with Gasteiger partial charge >= 0.3 is 0 Å². The van der Waals surface area contributed by atoms with Crippen LogP contribution in [-0.2, 0) is 6.54 Å². The SMILES string of the molecule is CN=C(NCc1ccco1)N1CC(C)CC(C)C1.I. The maximum absolute atomic E-state index is 5.32. The van der Waals surface area contributed by atoms with Gasteiger partial charge in [-0.2, -0.15) is 0 Å². The van der Waals surface area contributed by atoms with Gasteiger partial charge in [-0.15, -0.1) is 24.0 Å². The predicted molar refractivity (Wildman–Crippen MR) is 88.8 cm³/mol. The Balaban J connectivity index is 0.00000180. The molecule has 1 aromatic heterocycles. The van der Waals surface area contributed by atoms with Crippen LogP contribution in [0.5, 0.6) is 0 Å². The Hall–Kier alpha value is -0.720. The minimum Gasteiger partial charge on any atom is -0.467 e. The van der Waals surface area contributed by atoms with Crippen LogP contribution in [0.4, 0.5) is 0 Å². The van der Waals surface area contributed by atoms with Crippen molar-refractivity contribution in [3.8, 4) is 0 Å². The zero-order valence-corrected chi connectivity index (χ0v) is 14.3. The quantitative estimate of drug-likeness (QED) is 0.490. The van der Waals surface area contributed by atoms with E-state index in [2.05, 4.69) is 29.1 Å². The number of nitrogens with one attached hydrogen (secondary N) is 1. The highest BCUT2D eigenvalue weighted by Gasteiger charge is 2.23. The van der Waals surface area contributed by atoms with Gasteiger partial charge in [0.15, 0.2) is 5.96 Å². The number of guanidine groups is 1. The van der Waals surface area contributed by atoms with Crippen molar-refractivity contribution in [2.24, 2.45) is 16.8 Å². The third-order valence-electron chi connectivity index (χ3n) is 3.38. The number of furan rings is 1. The molecule has 0 saturated carbocycles. The molecule has 1 fully saturated rings. The summed E-state index contributed by atoms with van der Waals surface area (Å²) in [6.07, 6.45) is 3.01. The summed E-state index contributed by atoms with van der Waals surface area (Å²) < 4.78 is 5.32. The van der Waals surface area contributed by atoms with Crippen molar-refractivity contribution < 1.29 is 4.42 Å². The highest BCUT2D eigenvalue weighted by Crippen LogP contribution is 2.20. The van der Waals surface area contributed by atoms with Crippen molar-refractivity contribution in [2.75, 3.05) is 20.1 Å². The average Bonchev–Trinajstić information content (AvgIpc) is 2.81. The van der Waals surface area contributed by atoms with Crippen LogP contribution in [0.25, 0.3) is 0 Å². The van der Waals surface area contributed by atoms with Crippen molar-refractivity contribution in [3.63, 3.8) is 0 Å². The van der Waals surface area contributed by atoms with E-state index in [1.807, 2.05) is 19.2 Å². The third-order valence-corrected chi connectivity index (χ3v) is 3.38. The topological polar surface area (TPSA) is 40.8 Å². The molecule has 2 heterocycles. The summed E-state index contributed by atoms with van der Waals surface area (Å²) in [6.45, 7) is 7.48. The molecule has 0 spiro atoms. The Morgan fingerprint density at radius 2 is 2.11 bits per heavy atom. The molecule has 19 heavy (non-hydrogen) atoms. The lowest BCUT2D eigenvalue weighted by Crippen LogP contribution is -2.48. The van der Waals surface area contributed by atoms with Crippen molar-refractivity contribution in [2.45, 2.75) is 26.8 Å². The number of hydrogen-bond acceptors (Lipinski definition) is 2. The lowest BCUT2D eigenvalue weighted by Gasteiger charge is -2.37. The minimum atomic E-state index is 0. The number of halogens is 1. The van der Waals surface area contributed by atoms with Gasteiger partial charge in [0.25, 0.3) is 0 Å². The summed E-state index contributed by atoms with van der Waals surface area (Å²) in [5.41, 5.74) is 0. The van der Waals surface area contributed by atoms with Gasteiger partial charge in [-0.25, -0.2) is 0 Å². The van der Waals surface area contributed by atoms with Gasteiger partial charge in [0.05, 0.1) is 12.8 Å². The molecule has 1 N–H and O–H groups in total. The second-order valence-corrected chi connectivity index (χ2v) is 5.33. The second-order valence-electron chi connectivity index (χ2n) is 5.33. The summed E-state index contributed by atoms with van der Waals surface area (Å²) in [7, 11) is 1.84. The first-order chi connectivity index (χ1) is 8.69. The smallest absolute Gasteiger partial charge is 0.194 e. The molecule has 1 aromatic rings. The molecule has 1 aliphatic rings. The van der Waals surface area contributed by atoms with Crippen LogP contribution >= 0.6 is 24.0 Å². The van der Waals surface area contributed by atoms with Gasteiger partial charge in [0.1, 0.15) is 5.76 Å². The minimum absolute atomic E-state index is 0. The fourth-order valence-corrected chi connectivity index (χ4v) is 2.75. The van der Waals surface area contributed by atoms with Crippen molar-refractivity contribution >= 4 is 29.9 Å². The van der Waals surface area contributed by atoms with Crippen molar-refractivity contribution in [1.82, 2.24) is 10.2 Å². The van der Waals surface area contributed by atoms with E-state index in [4.69, 9.17) is 4.42 Å². The van der Waals surface area contributed by atoms with Crippen LogP contribution in [-0.4, -0.2) is 31.0 Å². The molecule has 0 aromatic carbocycles. The summed E-state index contributed by atoms with van der Waals surface area (Å²) in [5.74, 6) is 3.38. The zero-order valence-electron chi connectivity index (χ0n) is 11.9. The number of nitrogens with zero attached hydrogens (tertiary/aromatic N) is 2. The molecule has 0 radical (unpaired) electrons. The van der Waals surface area contributed by atoms with E-state index < -0.39 is 0 Å². The van der Waals surface area contributed by atoms with E-state index in [-0.39, 0.29) is 24.0 Å². The molecule has 0 bridgehead atoms. The molecule has 2 rings (SSSR count). The van der Waals surface area contributed by atoms with Crippen molar-refractivity contribution in [1.29, 1.82) is 0 Å². The number of piperidine rings is 1. The van der Waals surface area contributed by atoms with Crippen LogP contribution in [0.1, 0.15) is 26.0 Å². The van der Waals surface area contributed by atoms with E-state index in [0.29, 0.717) is 6.54 Å². The van der Waals surface area contributed by atoms with Crippen LogP contribution in [0.3, 0.4) is 0 Å². The fraction of sp³-hybridized carbons (Fsp3) is 0.643. The third kappa shape index (κ3) is 4.71. The molecular formula is C14H24IN3O. The van der Waals surface area contributed by atoms with Gasteiger partial charge in [0, 0.05) is 20.1 Å². The number of aliphatic imine (C=N–C) groups is 1. The van der Waals surface area contributed by atoms with E-state index in [1.165, 1.54) is 6.42 Å². The Bertz CT molecular complexity index is 381. The van der Waals surface area contributed by atoms with Gasteiger partial charge < -0.3 is 14.6 Å². The molecule has 108 valence electrons. The molecule has 1 aliphatic heterocycles. The predicted octanol–water partition coefficient (Wildman–Crippen LogP) is 2.95. The van der Waals surface area contributed by atoms with E-state index >= 15 is 0 Å².